The minimum Gasteiger partial charge on any atom is -0.309 e. The van der Waals surface area contributed by atoms with Gasteiger partial charge < -0.3 is 4.57 Å². The monoisotopic (exact) mass is 333 g/mol. The largest absolute Gasteiger partial charge is 0.309 e. The predicted octanol–water partition coefficient (Wildman–Crippen LogP) is 5.39. The van der Waals surface area contributed by atoms with Gasteiger partial charge in [-0.1, -0.05) is 44.5 Å². The number of benzene rings is 1. The number of halogens is 1. The van der Waals surface area contributed by atoms with Crippen LogP contribution in [0.4, 0.5) is 0 Å². The van der Waals surface area contributed by atoms with Crippen molar-refractivity contribution in [2.45, 2.75) is 37.3 Å². The molecule has 0 aliphatic heterocycles. The zero-order valence-electron chi connectivity index (χ0n) is 13.3. The van der Waals surface area contributed by atoms with E-state index in [1.54, 1.807) is 18.0 Å². The average Bonchev–Trinajstić information content (AvgIpc) is 2.83. The maximum absolute atomic E-state index is 6.59. The van der Waals surface area contributed by atoms with E-state index in [1.807, 2.05) is 42.1 Å². The SMILES string of the molecule is C=N/C(=C\n1ccnc1C)c1cccc(SC(C)(C)C)c1Cl. The van der Waals surface area contributed by atoms with E-state index in [9.17, 15) is 0 Å². The number of rotatable bonds is 4. The molecule has 0 aliphatic rings. The summed E-state index contributed by atoms with van der Waals surface area (Å²) >= 11 is 8.33. The van der Waals surface area contributed by atoms with Crippen LogP contribution in [0.2, 0.25) is 5.02 Å². The summed E-state index contributed by atoms with van der Waals surface area (Å²) in [7, 11) is 0. The first-order valence-electron chi connectivity index (χ1n) is 6.97. The molecule has 0 amide bonds. The van der Waals surface area contributed by atoms with Crippen molar-refractivity contribution in [3.8, 4) is 0 Å². The molecule has 0 atom stereocenters. The van der Waals surface area contributed by atoms with Crippen molar-refractivity contribution in [1.82, 2.24) is 9.55 Å². The third-order valence-corrected chi connectivity index (χ3v) is 4.64. The second-order valence-corrected chi connectivity index (χ2v) is 8.13. The highest BCUT2D eigenvalue weighted by Gasteiger charge is 2.17. The van der Waals surface area contributed by atoms with Crippen molar-refractivity contribution in [2.24, 2.45) is 4.99 Å². The van der Waals surface area contributed by atoms with Gasteiger partial charge in [0.05, 0.1) is 10.7 Å². The number of hydrogen-bond donors (Lipinski definition) is 0. The van der Waals surface area contributed by atoms with Gasteiger partial charge in [0.15, 0.2) is 0 Å². The summed E-state index contributed by atoms with van der Waals surface area (Å²) in [6.45, 7) is 12.1. The fourth-order valence-corrected chi connectivity index (χ4v) is 3.31. The van der Waals surface area contributed by atoms with Gasteiger partial charge in [0.25, 0.3) is 0 Å². The first kappa shape index (κ1) is 16.8. The van der Waals surface area contributed by atoms with Crippen LogP contribution in [0.15, 0.2) is 40.5 Å². The number of hydrogen-bond acceptors (Lipinski definition) is 3. The van der Waals surface area contributed by atoms with E-state index in [-0.39, 0.29) is 4.75 Å². The van der Waals surface area contributed by atoms with Crippen molar-refractivity contribution in [2.75, 3.05) is 0 Å². The van der Waals surface area contributed by atoms with Gasteiger partial charge in [-0.2, -0.15) is 0 Å². The van der Waals surface area contributed by atoms with Crippen LogP contribution in [-0.2, 0) is 0 Å². The first-order valence-corrected chi connectivity index (χ1v) is 8.17. The minimum absolute atomic E-state index is 0.0919. The molecule has 0 saturated carbocycles. The molecule has 0 fully saturated rings. The van der Waals surface area contributed by atoms with E-state index >= 15 is 0 Å². The lowest BCUT2D eigenvalue weighted by Gasteiger charge is -2.19. The highest BCUT2D eigenvalue weighted by atomic mass is 35.5. The van der Waals surface area contributed by atoms with Crippen LogP contribution < -0.4 is 0 Å². The number of aromatic nitrogens is 2. The van der Waals surface area contributed by atoms with E-state index in [1.165, 1.54) is 0 Å². The fourth-order valence-electron chi connectivity index (χ4n) is 1.97. The summed E-state index contributed by atoms with van der Waals surface area (Å²) in [6, 6.07) is 5.99. The van der Waals surface area contributed by atoms with Crippen molar-refractivity contribution in [3.63, 3.8) is 0 Å². The lowest BCUT2D eigenvalue weighted by atomic mass is 10.1. The van der Waals surface area contributed by atoms with E-state index in [0.29, 0.717) is 5.02 Å². The Morgan fingerprint density at radius 1 is 1.41 bits per heavy atom. The molecule has 1 heterocycles. The number of aliphatic imine (C=N–C) groups is 1. The number of aryl methyl sites for hydroxylation is 1. The molecule has 3 nitrogen and oxygen atoms in total. The molecule has 116 valence electrons. The Labute approximate surface area is 141 Å². The molecule has 0 unspecified atom stereocenters. The van der Waals surface area contributed by atoms with Crippen LogP contribution in [-0.4, -0.2) is 21.0 Å². The van der Waals surface area contributed by atoms with Crippen LogP contribution in [0.5, 0.6) is 0 Å². The van der Waals surface area contributed by atoms with Gasteiger partial charge in [0.1, 0.15) is 5.82 Å². The van der Waals surface area contributed by atoms with Crippen molar-refractivity contribution in [1.29, 1.82) is 0 Å². The summed E-state index contributed by atoms with van der Waals surface area (Å²) in [5.41, 5.74) is 1.60. The smallest absolute Gasteiger partial charge is 0.109 e. The van der Waals surface area contributed by atoms with Crippen LogP contribution in [0, 0.1) is 6.92 Å². The van der Waals surface area contributed by atoms with Crippen molar-refractivity contribution < 1.29 is 0 Å². The van der Waals surface area contributed by atoms with Crippen LogP contribution >= 0.6 is 23.4 Å². The topological polar surface area (TPSA) is 30.2 Å². The van der Waals surface area contributed by atoms with E-state index in [4.69, 9.17) is 11.6 Å². The Morgan fingerprint density at radius 2 is 2.14 bits per heavy atom. The average molecular weight is 334 g/mol. The summed E-state index contributed by atoms with van der Waals surface area (Å²) in [4.78, 5) is 9.39. The first-order chi connectivity index (χ1) is 10.3. The fraction of sp³-hybridized carbons (Fsp3) is 0.294. The zero-order valence-corrected chi connectivity index (χ0v) is 14.9. The molecule has 1 aromatic carbocycles. The van der Waals surface area contributed by atoms with Gasteiger partial charge in [0, 0.05) is 33.8 Å². The predicted molar refractivity (Wildman–Crippen MR) is 97.7 cm³/mol. The second-order valence-electron chi connectivity index (χ2n) is 5.89. The van der Waals surface area contributed by atoms with Crippen LogP contribution in [0.3, 0.4) is 0 Å². The summed E-state index contributed by atoms with van der Waals surface area (Å²) in [5.74, 6) is 0.887. The van der Waals surface area contributed by atoms with Gasteiger partial charge in [-0.05, 0) is 19.7 Å². The standard InChI is InChI=1S/C17H20ClN3S/c1-12-20-9-10-21(12)11-14(19-5)13-7-6-8-15(16(13)18)22-17(2,3)4/h6-11H,5H2,1-4H3/b14-11-. The maximum Gasteiger partial charge on any atom is 0.109 e. The molecule has 2 aromatic rings. The highest BCUT2D eigenvalue weighted by Crippen LogP contribution is 2.39. The molecule has 1 aromatic heterocycles. The molecule has 5 heteroatoms. The van der Waals surface area contributed by atoms with Crippen LogP contribution in [0.1, 0.15) is 32.2 Å². The molecule has 0 saturated heterocycles. The summed E-state index contributed by atoms with van der Waals surface area (Å²) < 4.78 is 2.00. The van der Waals surface area contributed by atoms with Gasteiger partial charge in [0.2, 0.25) is 0 Å². The van der Waals surface area contributed by atoms with Gasteiger partial charge in [-0.15, -0.1) is 11.8 Å². The lowest BCUT2D eigenvalue weighted by molar-refractivity contribution is 0.803. The lowest BCUT2D eigenvalue weighted by Crippen LogP contribution is -2.07. The minimum atomic E-state index is 0.0919. The molecule has 2 rings (SSSR count). The molecule has 0 N–H and O–H groups in total. The third-order valence-electron chi connectivity index (χ3n) is 2.95. The Kier molecular flexibility index (Phi) is 5.14. The van der Waals surface area contributed by atoms with Crippen molar-refractivity contribution >= 4 is 42.0 Å². The molecule has 0 radical (unpaired) electrons. The normalized spacial score (nSPS) is 12.5. The Hall–Kier alpha value is -1.52. The molecule has 0 bridgehead atoms. The van der Waals surface area contributed by atoms with Gasteiger partial charge in [-0.25, -0.2) is 4.98 Å². The van der Waals surface area contributed by atoms with Gasteiger partial charge in [-0.3, -0.25) is 4.99 Å². The van der Waals surface area contributed by atoms with E-state index in [0.717, 1.165) is 22.0 Å². The third kappa shape index (κ3) is 4.02. The quantitative estimate of drug-likeness (QED) is 0.554. The highest BCUT2D eigenvalue weighted by molar-refractivity contribution is 8.00. The van der Waals surface area contributed by atoms with Crippen LogP contribution in [0.25, 0.3) is 11.9 Å². The molecule has 0 spiro atoms. The van der Waals surface area contributed by atoms with Gasteiger partial charge >= 0.3 is 0 Å². The number of imidazole rings is 1. The Balaban J connectivity index is 2.47. The van der Waals surface area contributed by atoms with E-state index < -0.39 is 0 Å². The van der Waals surface area contributed by atoms with Crippen molar-refractivity contribution in [3.05, 3.63) is 47.0 Å². The maximum atomic E-state index is 6.59. The Morgan fingerprint density at radius 3 is 2.68 bits per heavy atom. The number of nitrogens with zero attached hydrogens (tertiary/aromatic N) is 3. The molecular weight excluding hydrogens is 314 g/mol. The number of thioether (sulfide) groups is 1. The molecule has 22 heavy (non-hydrogen) atoms. The molecular formula is C17H20ClN3S. The summed E-state index contributed by atoms with van der Waals surface area (Å²) in [6.07, 6.45) is 5.52. The Bertz CT molecular complexity index is 711. The zero-order chi connectivity index (χ0) is 16.3. The molecule has 0 aliphatic carbocycles. The summed E-state index contributed by atoms with van der Waals surface area (Å²) in [5, 5.41) is 0.707. The van der Waals surface area contributed by atoms with E-state index in [2.05, 4.69) is 37.5 Å². The second kappa shape index (κ2) is 6.71.